The average molecular weight is 2150 g/mol. The minimum atomic E-state index is -4.80. The molecule has 0 saturated carbocycles. The van der Waals surface area contributed by atoms with E-state index in [1.165, 1.54) is 129 Å². The number of pyridine rings is 2. The number of aryl methyl sites for hydroxylation is 2. The van der Waals surface area contributed by atoms with Crippen LogP contribution in [0.1, 0.15) is 130 Å². The fourth-order valence-electron chi connectivity index (χ4n) is 16.8. The van der Waals surface area contributed by atoms with Crippen molar-refractivity contribution in [3.05, 3.63) is 306 Å². The normalized spacial score (nSPS) is 18.9. The number of likely N-dealkylation sites (N-methyl/N-ethyl adjacent to an activating group) is 4. The molecular formula is C107H111Cl4F10N13O15. The molecule has 5 aliphatic rings. The first-order valence-electron chi connectivity index (χ1n) is 47.0. The quantitative estimate of drug-likeness (QED) is 0.0501. The number of carbonyl (C=O) groups excluding carboxylic acids is 6. The van der Waals surface area contributed by atoms with E-state index >= 15 is 0 Å². The van der Waals surface area contributed by atoms with Gasteiger partial charge in [0.1, 0.15) is 93.5 Å². The molecule has 28 nitrogen and oxygen atoms in total. The van der Waals surface area contributed by atoms with Gasteiger partial charge >= 0.3 is 30.5 Å². The Morgan fingerprint density at radius 3 is 1.03 bits per heavy atom. The minimum absolute atomic E-state index is 0.000557. The summed E-state index contributed by atoms with van der Waals surface area (Å²) in [5.74, 6) is -5.51. The number of hydrogen-bond donors (Lipinski definition) is 3. The molecule has 3 N–H and O–H groups in total. The second-order valence-electron chi connectivity index (χ2n) is 37.7. The summed E-state index contributed by atoms with van der Waals surface area (Å²) in [5.41, 5.74) is 0.554. The number of ether oxygens (including phenoxy) is 6. The number of hydrogen-bond acceptors (Lipinski definition) is 21. The molecule has 792 valence electrons. The first-order chi connectivity index (χ1) is 70.3. The van der Waals surface area contributed by atoms with Gasteiger partial charge in [0.05, 0.1) is 107 Å². The van der Waals surface area contributed by atoms with Gasteiger partial charge in [0.15, 0.2) is 0 Å². The van der Waals surface area contributed by atoms with Crippen molar-refractivity contribution in [2.75, 3.05) is 90.3 Å². The van der Waals surface area contributed by atoms with E-state index in [2.05, 4.69) is 15.3 Å². The number of amides is 6. The lowest BCUT2D eigenvalue weighted by molar-refractivity contribution is -0.142. The number of nitrogens with one attached hydrogen (secondary N) is 1. The van der Waals surface area contributed by atoms with E-state index in [-0.39, 0.29) is 137 Å². The second kappa shape index (κ2) is 51.3. The SMILES string of the molecule is CC(C)(C)OC(=O)N1C[C@@H](OCc2ccccc2)C[C@H]1C(=O)O.CN(C(=O)[C@@H]1C[C@H](OCc2ccccc2)CN1)c1ccc(F)c(Cl)c1.CN(C(=O)[C@@H]1C[C@H](OCc2ccccc2)CN1C(=O)OC(C)(C)C)c1ccc(F)c(Cl)c1.Cc1cc(C(F)(F)F)c(C#N)c(N2C[C@@H](O)C[C@H]2C(=O)N(C)c2ccc(F)c(Cl)c2)n1.Cc1cc(C(F)(F)F)c(C#N)c(N2C[C@@H](OCc3ccccc3)C[C@H]2C(=O)N(C)c2ccc(F)c(Cl)c2)n1. The maximum Gasteiger partial charge on any atom is 0.417 e. The third kappa shape index (κ3) is 31.7. The molecule has 15 rings (SSSR count). The summed E-state index contributed by atoms with van der Waals surface area (Å²) in [6.45, 7) is 15.7. The zero-order valence-corrected chi connectivity index (χ0v) is 86.2. The largest absolute Gasteiger partial charge is 0.480 e. The van der Waals surface area contributed by atoms with Crippen LogP contribution in [0.15, 0.2) is 206 Å². The highest BCUT2D eigenvalue weighted by molar-refractivity contribution is 6.32. The van der Waals surface area contributed by atoms with Gasteiger partial charge in [0.25, 0.3) is 0 Å². The molecule has 0 unspecified atom stereocenters. The standard InChI is InChI=1S/C27H23ClF4N4O2.C24H28ClFN2O4.C20H17ClF4N4O2.C19H20ClFN2O2.C17H23NO5/c1-16-10-21(27(30,31)32)20(13-33)25(34-16)36-14-19(38-15-17-6-4-3-5-7-17)12-24(36)26(37)35(2)18-8-9-23(29)22(28)11-18;1-24(2,3)32-23(30)28-14-18(31-15-16-8-6-5-7-9-16)13-21(28)22(29)27(4)17-10-11-20(26)19(25)12-17;1-10-5-14(20(23,24)25)13(8-26)18(27-10)29-9-12(30)7-17(29)19(31)28(2)11-3-4-16(22)15(21)6-11;1-23(14-7-8-17(21)16(20)9-14)19(24)18-10-15(11-22-18)25-12-13-5-3-2-4-6-13;1-17(2,3)23-16(21)18-10-13(9-14(18)15(19)20)22-11-12-7-5-4-6-8-12/h3-11,19,24H,12,14-15H2,1-2H3;5-12,18,21H,13-15H2,1-4H3;3-6,12,17,30H,7,9H2,1-2H3;2-9,15,18,22H,10-12H2,1H3;4-8,13-14H,9-11H2,1-3H3,(H,19,20)/t19-,24-;18-,21-;12-,17-;15-,18-;13-,14-/m00000/s1. The van der Waals surface area contributed by atoms with E-state index in [9.17, 15) is 98.2 Å². The molecule has 8 aromatic carbocycles. The molecular weight excluding hydrogens is 2040 g/mol. The van der Waals surface area contributed by atoms with Gasteiger partial charge in [-0.25, -0.2) is 41.9 Å². The Labute approximate surface area is 875 Å². The summed E-state index contributed by atoms with van der Waals surface area (Å²) in [6.07, 6.45) is -11.8. The zero-order valence-electron chi connectivity index (χ0n) is 83.2. The Hall–Kier alpha value is -13.3. The number of nitriles is 2. The van der Waals surface area contributed by atoms with E-state index in [0.29, 0.717) is 56.3 Å². The minimum Gasteiger partial charge on any atom is -0.480 e. The number of rotatable bonds is 23. The van der Waals surface area contributed by atoms with E-state index < -0.39 is 135 Å². The number of anilines is 6. The number of aromatic nitrogens is 2. The van der Waals surface area contributed by atoms with Gasteiger partial charge in [-0.15, -0.1) is 0 Å². The Kier molecular flexibility index (Phi) is 40.0. The summed E-state index contributed by atoms with van der Waals surface area (Å²) in [4.78, 5) is 108. The highest BCUT2D eigenvalue weighted by Crippen LogP contribution is 2.43. The van der Waals surface area contributed by atoms with Crippen LogP contribution in [0.5, 0.6) is 0 Å². The molecule has 0 radical (unpaired) electrons. The number of aliphatic hydroxyl groups is 1. The summed E-state index contributed by atoms with van der Waals surface area (Å²) in [7, 11) is 6.08. The van der Waals surface area contributed by atoms with Crippen molar-refractivity contribution >= 4 is 123 Å². The Balaban J connectivity index is 0.000000179. The van der Waals surface area contributed by atoms with Gasteiger partial charge in [-0.1, -0.05) is 168 Å². The Morgan fingerprint density at radius 2 is 0.705 bits per heavy atom. The molecule has 6 amide bonds. The Bertz CT molecular complexity index is 6460. The first-order valence-corrected chi connectivity index (χ1v) is 48.5. The van der Waals surface area contributed by atoms with E-state index in [4.69, 9.17) is 74.8 Å². The number of carbonyl (C=O) groups is 7. The molecule has 42 heteroatoms. The number of alkyl halides is 6. The maximum atomic E-state index is 13.8. The van der Waals surface area contributed by atoms with E-state index in [1.807, 2.05) is 121 Å². The van der Waals surface area contributed by atoms with Crippen LogP contribution in [-0.4, -0.2) is 205 Å². The number of β-amino-alcohol motifs (C(OH)–C–C–N with tert-alkyl or cyclic N) is 1. The van der Waals surface area contributed by atoms with Crippen molar-refractivity contribution in [2.45, 2.75) is 198 Å². The lowest BCUT2D eigenvalue weighted by atomic mass is 10.1. The monoisotopic (exact) mass is 2150 g/mol. The molecule has 0 bridgehead atoms. The van der Waals surface area contributed by atoms with Crippen LogP contribution in [-0.2, 0) is 91.2 Å². The number of benzene rings is 8. The number of carboxylic acid groups (broad SMARTS) is 1. The highest BCUT2D eigenvalue weighted by atomic mass is 35.5. The van der Waals surface area contributed by atoms with Gasteiger partial charge in [-0.05, 0) is 169 Å². The van der Waals surface area contributed by atoms with Crippen LogP contribution in [0.4, 0.5) is 87.9 Å². The summed E-state index contributed by atoms with van der Waals surface area (Å²) >= 11 is 23.3. The molecule has 0 aliphatic carbocycles. The van der Waals surface area contributed by atoms with Gasteiger partial charge in [-0.3, -0.25) is 29.0 Å². The zero-order chi connectivity index (χ0) is 109. The molecule has 2 aromatic heterocycles. The van der Waals surface area contributed by atoms with Gasteiger partial charge in [0, 0.05) is 108 Å². The number of aliphatic hydroxyl groups excluding tert-OH is 1. The van der Waals surface area contributed by atoms with Crippen molar-refractivity contribution in [3.8, 4) is 12.1 Å². The van der Waals surface area contributed by atoms with Crippen LogP contribution in [0.2, 0.25) is 20.1 Å². The molecule has 5 fully saturated rings. The fraction of sp³-hybridized carbons (Fsp3) is 0.374. The molecule has 5 aliphatic heterocycles. The van der Waals surface area contributed by atoms with Gasteiger partial charge < -0.3 is 73.4 Å². The Morgan fingerprint density at radius 1 is 0.409 bits per heavy atom. The van der Waals surface area contributed by atoms with E-state index in [0.717, 1.165) is 51.4 Å². The number of carboxylic acids is 1. The molecule has 7 heterocycles. The van der Waals surface area contributed by atoms with Gasteiger partial charge in [-0.2, -0.15) is 36.9 Å². The fourth-order valence-corrected chi connectivity index (χ4v) is 17.5. The number of halogens is 14. The number of aliphatic carboxylic acids is 1. The smallest absolute Gasteiger partial charge is 0.417 e. The predicted molar refractivity (Wildman–Crippen MR) is 541 cm³/mol. The predicted octanol–water partition coefficient (Wildman–Crippen LogP) is 20.7. The summed E-state index contributed by atoms with van der Waals surface area (Å²) < 4.78 is 170. The molecule has 10 aromatic rings. The number of likely N-dealkylation sites (tertiary alicyclic amines) is 2. The molecule has 0 spiro atoms. The molecule has 5 saturated heterocycles. The second-order valence-corrected chi connectivity index (χ2v) is 39.3. The van der Waals surface area contributed by atoms with Gasteiger partial charge in [0.2, 0.25) is 23.6 Å². The number of nitrogens with zero attached hydrogens (tertiary/aromatic N) is 12. The molecule has 10 atom stereocenters. The van der Waals surface area contributed by atoms with Crippen LogP contribution in [0.25, 0.3) is 0 Å². The van der Waals surface area contributed by atoms with Crippen molar-refractivity contribution in [1.29, 1.82) is 10.5 Å². The maximum absolute atomic E-state index is 13.8. The van der Waals surface area contributed by atoms with Crippen molar-refractivity contribution in [2.24, 2.45) is 0 Å². The summed E-state index contributed by atoms with van der Waals surface area (Å²) in [6, 6.07) is 54.9. The van der Waals surface area contributed by atoms with Crippen LogP contribution in [0, 0.1) is 59.8 Å². The topological polar surface area (TPSA) is 327 Å². The molecule has 149 heavy (non-hydrogen) atoms. The van der Waals surface area contributed by atoms with E-state index in [1.54, 1.807) is 61.7 Å². The average Bonchev–Trinajstić information content (AvgIpc) is 1.68. The summed E-state index contributed by atoms with van der Waals surface area (Å²) in [5, 5.41) is 41.3. The van der Waals surface area contributed by atoms with Crippen LogP contribution >= 0.6 is 46.4 Å². The van der Waals surface area contributed by atoms with Crippen LogP contribution < -0.4 is 34.7 Å². The van der Waals surface area contributed by atoms with Crippen molar-refractivity contribution in [1.82, 2.24) is 25.1 Å². The lowest BCUT2D eigenvalue weighted by Gasteiger charge is -2.30. The van der Waals surface area contributed by atoms with Crippen molar-refractivity contribution < 1.29 is 116 Å². The third-order valence-corrected chi connectivity index (χ3v) is 25.4. The third-order valence-electron chi connectivity index (χ3n) is 24.3. The lowest BCUT2D eigenvalue weighted by Crippen LogP contribution is -2.48. The highest BCUT2D eigenvalue weighted by Gasteiger charge is 2.49. The van der Waals surface area contributed by atoms with Crippen molar-refractivity contribution in [3.63, 3.8) is 0 Å². The first kappa shape index (κ1) is 116. The van der Waals surface area contributed by atoms with Crippen LogP contribution in [0.3, 0.4) is 0 Å².